The molecule has 4 nitrogen and oxygen atoms in total. The van der Waals surface area contributed by atoms with Crippen molar-refractivity contribution in [3.8, 4) is 0 Å². The molecular formula is C17H24N2O2S. The van der Waals surface area contributed by atoms with Crippen molar-refractivity contribution >= 4 is 29.0 Å². The summed E-state index contributed by atoms with van der Waals surface area (Å²) in [6.45, 7) is 7.90. The molecule has 0 unspecified atom stereocenters. The van der Waals surface area contributed by atoms with Crippen molar-refractivity contribution < 1.29 is 9.53 Å². The molecule has 0 saturated carbocycles. The molecule has 1 aromatic rings. The number of hydrogen-bond donors (Lipinski definition) is 1. The normalized spacial score (nSPS) is 18.0. The minimum Gasteiger partial charge on any atom is -0.466 e. The summed E-state index contributed by atoms with van der Waals surface area (Å²) in [5.74, 6) is -0.186. The molecule has 120 valence electrons. The molecule has 1 fully saturated rings. The van der Waals surface area contributed by atoms with Crippen LogP contribution in [-0.4, -0.2) is 35.7 Å². The van der Waals surface area contributed by atoms with Gasteiger partial charge in [0.05, 0.1) is 12.5 Å². The van der Waals surface area contributed by atoms with Crippen LogP contribution in [0.15, 0.2) is 18.2 Å². The van der Waals surface area contributed by atoms with E-state index in [1.165, 1.54) is 5.56 Å². The van der Waals surface area contributed by atoms with Gasteiger partial charge in [0.2, 0.25) is 0 Å². The highest BCUT2D eigenvalue weighted by atomic mass is 32.1. The SMILES string of the molecule is CCOC(=O)[C@H]1CCCN(C(=S)Nc2cc(C)ccc2C)C1. The van der Waals surface area contributed by atoms with Crippen LogP contribution in [0.25, 0.3) is 0 Å². The first-order valence-corrected chi connectivity index (χ1v) is 8.22. The number of anilines is 1. The highest BCUT2D eigenvalue weighted by Crippen LogP contribution is 2.21. The molecule has 1 aliphatic heterocycles. The fourth-order valence-electron chi connectivity index (χ4n) is 2.68. The smallest absolute Gasteiger partial charge is 0.310 e. The molecule has 2 rings (SSSR count). The van der Waals surface area contributed by atoms with Gasteiger partial charge in [0.1, 0.15) is 0 Å². The van der Waals surface area contributed by atoms with Gasteiger partial charge in [0, 0.05) is 18.8 Å². The van der Waals surface area contributed by atoms with Gasteiger partial charge in [-0.1, -0.05) is 12.1 Å². The second-order valence-electron chi connectivity index (χ2n) is 5.79. The lowest BCUT2D eigenvalue weighted by Crippen LogP contribution is -2.44. The highest BCUT2D eigenvalue weighted by molar-refractivity contribution is 7.80. The van der Waals surface area contributed by atoms with Gasteiger partial charge in [0.25, 0.3) is 0 Å². The van der Waals surface area contributed by atoms with Crippen molar-refractivity contribution in [2.45, 2.75) is 33.6 Å². The zero-order chi connectivity index (χ0) is 16.1. The number of benzene rings is 1. The molecule has 0 bridgehead atoms. The summed E-state index contributed by atoms with van der Waals surface area (Å²) in [6.07, 6.45) is 1.83. The zero-order valence-electron chi connectivity index (χ0n) is 13.5. The summed E-state index contributed by atoms with van der Waals surface area (Å²) in [4.78, 5) is 14.0. The Balaban J connectivity index is 2.00. The Kier molecular flexibility index (Phi) is 5.77. The lowest BCUT2D eigenvalue weighted by molar-refractivity contribution is -0.149. The average Bonchev–Trinajstić information content (AvgIpc) is 2.51. The minimum absolute atomic E-state index is 0.0768. The monoisotopic (exact) mass is 320 g/mol. The summed E-state index contributed by atoms with van der Waals surface area (Å²) in [5.41, 5.74) is 3.38. The van der Waals surface area contributed by atoms with Crippen LogP contribution in [0.2, 0.25) is 0 Å². The van der Waals surface area contributed by atoms with E-state index in [1.54, 1.807) is 0 Å². The zero-order valence-corrected chi connectivity index (χ0v) is 14.3. The van der Waals surface area contributed by atoms with Gasteiger partial charge in [-0.2, -0.15) is 0 Å². The van der Waals surface area contributed by atoms with Gasteiger partial charge < -0.3 is 15.0 Å². The van der Waals surface area contributed by atoms with Gasteiger partial charge in [-0.25, -0.2) is 0 Å². The van der Waals surface area contributed by atoms with Gasteiger partial charge >= 0.3 is 5.97 Å². The summed E-state index contributed by atoms with van der Waals surface area (Å²) < 4.78 is 5.13. The minimum atomic E-state index is -0.110. The van der Waals surface area contributed by atoms with E-state index in [0.29, 0.717) is 18.3 Å². The number of esters is 1. The first kappa shape index (κ1) is 16.7. The number of ether oxygens (including phenoxy) is 1. The van der Waals surface area contributed by atoms with Crippen LogP contribution in [0.1, 0.15) is 30.9 Å². The lowest BCUT2D eigenvalue weighted by atomic mass is 9.98. The molecule has 1 aliphatic rings. The maximum absolute atomic E-state index is 11.9. The predicted molar refractivity (Wildman–Crippen MR) is 93.1 cm³/mol. The Labute approximate surface area is 137 Å². The maximum Gasteiger partial charge on any atom is 0.310 e. The molecule has 1 N–H and O–H groups in total. The van der Waals surface area contributed by atoms with Crippen molar-refractivity contribution in [2.24, 2.45) is 5.92 Å². The molecule has 1 saturated heterocycles. The topological polar surface area (TPSA) is 41.6 Å². The Morgan fingerprint density at radius 3 is 2.95 bits per heavy atom. The van der Waals surface area contributed by atoms with Crippen LogP contribution in [-0.2, 0) is 9.53 Å². The third kappa shape index (κ3) is 4.19. The summed E-state index contributed by atoms with van der Waals surface area (Å²) >= 11 is 5.53. The number of nitrogens with zero attached hydrogens (tertiary/aromatic N) is 1. The predicted octanol–water partition coefficient (Wildman–Crippen LogP) is 3.28. The maximum atomic E-state index is 11.9. The van der Waals surface area contributed by atoms with E-state index in [4.69, 9.17) is 17.0 Å². The Hall–Kier alpha value is -1.62. The average molecular weight is 320 g/mol. The van der Waals surface area contributed by atoms with Crippen LogP contribution in [0.4, 0.5) is 5.69 Å². The molecule has 5 heteroatoms. The van der Waals surface area contributed by atoms with Gasteiger partial charge in [-0.3, -0.25) is 4.79 Å². The number of carbonyl (C=O) groups excluding carboxylic acids is 1. The van der Waals surface area contributed by atoms with E-state index in [0.717, 1.165) is 30.6 Å². The molecule has 22 heavy (non-hydrogen) atoms. The number of likely N-dealkylation sites (tertiary alicyclic amines) is 1. The molecule has 0 aliphatic carbocycles. The molecule has 1 aromatic carbocycles. The van der Waals surface area contributed by atoms with E-state index >= 15 is 0 Å². The number of piperidine rings is 1. The first-order chi connectivity index (χ1) is 10.5. The second-order valence-corrected chi connectivity index (χ2v) is 6.17. The number of carbonyl (C=O) groups is 1. The Morgan fingerprint density at radius 1 is 1.45 bits per heavy atom. The van der Waals surface area contributed by atoms with Gasteiger partial charge in [-0.05, 0) is 63.0 Å². The Bertz CT molecular complexity index is 560. The molecule has 0 aromatic heterocycles. The van der Waals surface area contributed by atoms with Gasteiger partial charge in [0.15, 0.2) is 5.11 Å². The quantitative estimate of drug-likeness (QED) is 0.684. The Morgan fingerprint density at radius 2 is 2.23 bits per heavy atom. The summed E-state index contributed by atoms with van der Waals surface area (Å²) in [5, 5.41) is 4.00. The van der Waals surface area contributed by atoms with E-state index in [2.05, 4.69) is 42.3 Å². The molecular weight excluding hydrogens is 296 g/mol. The largest absolute Gasteiger partial charge is 0.466 e. The summed E-state index contributed by atoms with van der Waals surface area (Å²) in [6, 6.07) is 6.26. The van der Waals surface area contributed by atoms with Crippen molar-refractivity contribution in [1.29, 1.82) is 0 Å². The molecule has 0 radical (unpaired) electrons. The molecule has 1 atom stereocenters. The molecule has 0 spiro atoms. The summed E-state index contributed by atoms with van der Waals surface area (Å²) in [7, 11) is 0. The second kappa shape index (κ2) is 7.58. The van der Waals surface area contributed by atoms with Crippen molar-refractivity contribution in [3.05, 3.63) is 29.3 Å². The van der Waals surface area contributed by atoms with E-state index in [1.807, 2.05) is 6.92 Å². The number of aryl methyl sites for hydroxylation is 2. The van der Waals surface area contributed by atoms with Crippen LogP contribution in [0, 0.1) is 19.8 Å². The van der Waals surface area contributed by atoms with Crippen molar-refractivity contribution in [3.63, 3.8) is 0 Å². The van der Waals surface area contributed by atoms with Gasteiger partial charge in [-0.15, -0.1) is 0 Å². The number of thiocarbonyl (C=S) groups is 1. The molecule has 0 amide bonds. The third-order valence-corrected chi connectivity index (χ3v) is 4.32. The molecule has 1 heterocycles. The van der Waals surface area contributed by atoms with E-state index < -0.39 is 0 Å². The van der Waals surface area contributed by atoms with E-state index in [9.17, 15) is 4.79 Å². The highest BCUT2D eigenvalue weighted by Gasteiger charge is 2.28. The fourth-order valence-corrected chi connectivity index (χ4v) is 2.95. The number of nitrogens with one attached hydrogen (secondary N) is 1. The van der Waals surface area contributed by atoms with E-state index in [-0.39, 0.29) is 11.9 Å². The first-order valence-electron chi connectivity index (χ1n) is 7.81. The fraction of sp³-hybridized carbons (Fsp3) is 0.529. The van der Waals surface area contributed by atoms with Crippen LogP contribution in [0.5, 0.6) is 0 Å². The van der Waals surface area contributed by atoms with Crippen molar-refractivity contribution in [2.75, 3.05) is 25.0 Å². The lowest BCUT2D eigenvalue weighted by Gasteiger charge is -2.33. The van der Waals surface area contributed by atoms with Crippen LogP contribution >= 0.6 is 12.2 Å². The van der Waals surface area contributed by atoms with Crippen molar-refractivity contribution in [1.82, 2.24) is 4.90 Å². The number of rotatable bonds is 3. The van der Waals surface area contributed by atoms with Crippen LogP contribution < -0.4 is 5.32 Å². The third-order valence-electron chi connectivity index (χ3n) is 3.96. The standard InChI is InChI=1S/C17H24N2O2S/c1-4-21-16(20)14-6-5-9-19(11-14)17(22)18-15-10-12(2)7-8-13(15)3/h7-8,10,14H,4-6,9,11H2,1-3H3,(H,18,22)/t14-/m0/s1. The van der Waals surface area contributed by atoms with Crippen LogP contribution in [0.3, 0.4) is 0 Å². The number of hydrogen-bond acceptors (Lipinski definition) is 3.